The topological polar surface area (TPSA) is 94.2 Å². The fourth-order valence-electron chi connectivity index (χ4n) is 4.13. The Morgan fingerprint density at radius 1 is 1.24 bits per heavy atom. The highest BCUT2D eigenvalue weighted by molar-refractivity contribution is 7.70. The Balaban J connectivity index is 1.83. The van der Waals surface area contributed by atoms with Crippen LogP contribution in [0.3, 0.4) is 0 Å². The molecule has 4 rings (SSSR count). The standard InChI is InChI=1S/C21H25N3O4S/c1-13-9-16(12-24(2)21(13)25)17-10-14(7-8-22-29(26)27)11-18-19(17)28-20(23-18)15-5-3-4-6-15/h9-12,15,29H,3-8H2,1-2H3,(H,22,26,27). The van der Waals surface area contributed by atoms with E-state index in [2.05, 4.69) is 4.72 Å². The van der Waals surface area contributed by atoms with Crippen LogP contribution >= 0.6 is 0 Å². The number of pyridine rings is 1. The number of fused-ring (bicyclic) bond motifs is 1. The number of benzene rings is 1. The van der Waals surface area contributed by atoms with Crippen molar-refractivity contribution in [1.82, 2.24) is 14.3 Å². The van der Waals surface area contributed by atoms with Crippen molar-refractivity contribution in [3.05, 3.63) is 51.8 Å². The average Bonchev–Trinajstić information content (AvgIpc) is 3.34. The largest absolute Gasteiger partial charge is 0.440 e. The van der Waals surface area contributed by atoms with Crippen molar-refractivity contribution >= 4 is 22.0 Å². The molecule has 1 aromatic carbocycles. The van der Waals surface area contributed by atoms with E-state index in [0.29, 0.717) is 24.4 Å². The SMILES string of the molecule is Cc1cc(-c2cc(CCN[SH](=O)=O)cc3nc(C4CCCC4)oc23)cn(C)c1=O. The van der Waals surface area contributed by atoms with E-state index in [1.54, 1.807) is 24.7 Å². The summed E-state index contributed by atoms with van der Waals surface area (Å²) >= 11 is 0. The van der Waals surface area contributed by atoms with E-state index < -0.39 is 10.9 Å². The first-order valence-corrected chi connectivity index (χ1v) is 11.1. The molecule has 2 heterocycles. The Hall–Kier alpha value is -2.45. The molecule has 29 heavy (non-hydrogen) atoms. The molecule has 154 valence electrons. The molecular weight excluding hydrogens is 390 g/mol. The van der Waals surface area contributed by atoms with Crippen LogP contribution in [-0.2, 0) is 24.4 Å². The first kappa shape index (κ1) is 19.8. The molecule has 8 heteroatoms. The average molecular weight is 416 g/mol. The lowest BCUT2D eigenvalue weighted by Crippen LogP contribution is -2.18. The van der Waals surface area contributed by atoms with Gasteiger partial charge >= 0.3 is 0 Å². The maximum Gasteiger partial charge on any atom is 0.253 e. The van der Waals surface area contributed by atoms with Gasteiger partial charge in [0.15, 0.2) is 11.5 Å². The Bertz CT molecular complexity index is 1150. The number of oxazole rings is 1. The van der Waals surface area contributed by atoms with Gasteiger partial charge in [0.25, 0.3) is 5.56 Å². The predicted octanol–water partition coefficient (Wildman–Crippen LogP) is 2.82. The molecule has 7 nitrogen and oxygen atoms in total. The molecule has 0 saturated heterocycles. The Morgan fingerprint density at radius 2 is 2.00 bits per heavy atom. The second kappa shape index (κ2) is 8.12. The highest BCUT2D eigenvalue weighted by Crippen LogP contribution is 2.38. The van der Waals surface area contributed by atoms with Crippen LogP contribution in [0, 0.1) is 6.92 Å². The molecule has 0 unspecified atom stereocenters. The van der Waals surface area contributed by atoms with E-state index in [0.717, 1.165) is 46.5 Å². The van der Waals surface area contributed by atoms with Gasteiger partial charge in [-0.2, -0.15) is 0 Å². The van der Waals surface area contributed by atoms with Gasteiger partial charge in [-0.3, -0.25) is 4.79 Å². The fraction of sp³-hybridized carbons (Fsp3) is 0.429. The van der Waals surface area contributed by atoms with Gasteiger partial charge in [-0.05, 0) is 49.9 Å². The van der Waals surface area contributed by atoms with Gasteiger partial charge in [-0.1, -0.05) is 12.8 Å². The van der Waals surface area contributed by atoms with Crippen LogP contribution in [0.25, 0.3) is 22.2 Å². The minimum atomic E-state index is -2.62. The van der Waals surface area contributed by atoms with Crippen molar-refractivity contribution in [1.29, 1.82) is 0 Å². The molecule has 1 saturated carbocycles. The highest BCUT2D eigenvalue weighted by atomic mass is 32.2. The molecule has 2 aromatic heterocycles. The van der Waals surface area contributed by atoms with Crippen molar-refractivity contribution in [3.63, 3.8) is 0 Å². The monoisotopic (exact) mass is 415 g/mol. The number of nitrogens with one attached hydrogen (secondary N) is 1. The molecule has 0 aliphatic heterocycles. The summed E-state index contributed by atoms with van der Waals surface area (Å²) in [5.74, 6) is 1.13. The van der Waals surface area contributed by atoms with Crippen LogP contribution in [0.5, 0.6) is 0 Å². The van der Waals surface area contributed by atoms with Crippen LogP contribution in [0.1, 0.15) is 48.6 Å². The number of hydrogen-bond donors (Lipinski definition) is 2. The molecule has 0 spiro atoms. The molecule has 3 aromatic rings. The second-order valence-electron chi connectivity index (χ2n) is 7.77. The van der Waals surface area contributed by atoms with Gasteiger partial charge < -0.3 is 8.98 Å². The van der Waals surface area contributed by atoms with Gasteiger partial charge in [0, 0.05) is 42.4 Å². The zero-order chi connectivity index (χ0) is 20.5. The van der Waals surface area contributed by atoms with E-state index in [4.69, 9.17) is 9.40 Å². The molecule has 1 aliphatic rings. The first-order valence-electron chi connectivity index (χ1n) is 9.91. The lowest BCUT2D eigenvalue weighted by atomic mass is 10.0. The minimum Gasteiger partial charge on any atom is -0.440 e. The van der Waals surface area contributed by atoms with Crippen LogP contribution < -0.4 is 10.3 Å². The van der Waals surface area contributed by atoms with Crippen molar-refractivity contribution < 1.29 is 12.8 Å². The summed E-state index contributed by atoms with van der Waals surface area (Å²) in [4.78, 5) is 16.9. The third kappa shape index (κ3) is 4.13. The maximum atomic E-state index is 12.1. The van der Waals surface area contributed by atoms with Crippen molar-refractivity contribution in [3.8, 4) is 11.1 Å². The molecule has 0 amide bonds. The minimum absolute atomic E-state index is 0.0335. The summed E-state index contributed by atoms with van der Waals surface area (Å²) < 4.78 is 31.9. The smallest absolute Gasteiger partial charge is 0.253 e. The van der Waals surface area contributed by atoms with E-state index in [9.17, 15) is 13.2 Å². The van der Waals surface area contributed by atoms with E-state index in [-0.39, 0.29) is 5.56 Å². The molecule has 1 aliphatic carbocycles. The van der Waals surface area contributed by atoms with Gasteiger partial charge in [0.05, 0.1) is 0 Å². The number of rotatable bonds is 6. The second-order valence-corrected chi connectivity index (χ2v) is 8.60. The summed E-state index contributed by atoms with van der Waals surface area (Å²) in [6.45, 7) is 2.12. The van der Waals surface area contributed by atoms with Crippen molar-refractivity contribution in [2.45, 2.75) is 44.9 Å². The lowest BCUT2D eigenvalue weighted by molar-refractivity contribution is 0.474. The van der Waals surface area contributed by atoms with Crippen LogP contribution in [-0.4, -0.2) is 24.5 Å². The van der Waals surface area contributed by atoms with E-state index in [1.807, 2.05) is 18.2 Å². The molecule has 0 radical (unpaired) electrons. The quantitative estimate of drug-likeness (QED) is 0.604. The van der Waals surface area contributed by atoms with Gasteiger partial charge in [-0.25, -0.2) is 18.1 Å². The lowest BCUT2D eigenvalue weighted by Gasteiger charge is -2.09. The summed E-state index contributed by atoms with van der Waals surface area (Å²) in [5.41, 5.74) is 4.84. The van der Waals surface area contributed by atoms with Crippen LogP contribution in [0.2, 0.25) is 0 Å². The third-order valence-corrected chi connectivity index (χ3v) is 6.08. The number of hydrogen-bond acceptors (Lipinski definition) is 5. The van der Waals surface area contributed by atoms with Gasteiger partial charge in [0.1, 0.15) is 5.52 Å². The number of aromatic nitrogens is 2. The Kier molecular flexibility index (Phi) is 5.56. The van der Waals surface area contributed by atoms with Crippen molar-refractivity contribution in [2.24, 2.45) is 7.05 Å². The highest BCUT2D eigenvalue weighted by Gasteiger charge is 2.24. The number of aryl methyl sites for hydroxylation is 2. The summed E-state index contributed by atoms with van der Waals surface area (Å²) in [7, 11) is -0.884. The molecular formula is C21H25N3O4S. The molecule has 0 bridgehead atoms. The van der Waals surface area contributed by atoms with Gasteiger partial charge in [0.2, 0.25) is 10.9 Å². The summed E-state index contributed by atoms with van der Waals surface area (Å²) in [5, 5.41) is 0. The summed E-state index contributed by atoms with van der Waals surface area (Å²) in [6.07, 6.45) is 6.92. The van der Waals surface area contributed by atoms with E-state index in [1.165, 1.54) is 12.8 Å². The summed E-state index contributed by atoms with van der Waals surface area (Å²) in [6, 6.07) is 5.84. The van der Waals surface area contributed by atoms with Gasteiger partial charge in [-0.15, -0.1) is 0 Å². The van der Waals surface area contributed by atoms with Crippen LogP contribution in [0.15, 0.2) is 33.6 Å². The Morgan fingerprint density at radius 3 is 2.69 bits per heavy atom. The number of thiol groups is 1. The van der Waals surface area contributed by atoms with E-state index >= 15 is 0 Å². The van der Waals surface area contributed by atoms with Crippen LogP contribution in [0.4, 0.5) is 0 Å². The third-order valence-electron chi connectivity index (χ3n) is 5.60. The first-order chi connectivity index (χ1) is 13.9. The Labute approximate surface area is 170 Å². The predicted molar refractivity (Wildman–Crippen MR) is 113 cm³/mol. The molecule has 1 fully saturated rings. The molecule has 0 atom stereocenters. The zero-order valence-electron chi connectivity index (χ0n) is 16.6. The van der Waals surface area contributed by atoms with Crippen molar-refractivity contribution in [2.75, 3.05) is 6.54 Å². The fourth-order valence-corrected chi connectivity index (χ4v) is 4.43. The zero-order valence-corrected chi connectivity index (χ0v) is 17.5. The molecule has 1 N–H and O–H groups in total. The number of nitrogens with zero attached hydrogens (tertiary/aromatic N) is 2. The maximum absolute atomic E-state index is 12.1. The normalized spacial score (nSPS) is 15.0.